The molecule has 0 aliphatic heterocycles. The molecule has 0 bridgehead atoms. The fourth-order valence-electron chi connectivity index (χ4n) is 1.93. The van der Waals surface area contributed by atoms with Crippen molar-refractivity contribution in [1.82, 2.24) is 0 Å². The molecule has 0 aromatic carbocycles. The van der Waals surface area contributed by atoms with Gasteiger partial charge in [-0.1, -0.05) is 32.1 Å². The summed E-state index contributed by atoms with van der Waals surface area (Å²) in [4.78, 5) is 0. The molecule has 1 aliphatic rings. The van der Waals surface area contributed by atoms with Crippen LogP contribution in [0.4, 0.5) is 0 Å². The molecule has 1 fully saturated rings. The van der Waals surface area contributed by atoms with Crippen LogP contribution in [0.1, 0.15) is 44.9 Å². The van der Waals surface area contributed by atoms with Crippen molar-refractivity contribution >= 4 is 10.7 Å². The summed E-state index contributed by atoms with van der Waals surface area (Å²) < 4.78 is 21.0. The van der Waals surface area contributed by atoms with Gasteiger partial charge in [0, 0.05) is 0 Å². The lowest BCUT2D eigenvalue weighted by molar-refractivity contribution is 0.405. The van der Waals surface area contributed by atoms with E-state index in [0.717, 1.165) is 12.8 Å². The van der Waals surface area contributed by atoms with Crippen molar-refractivity contribution in [2.45, 2.75) is 44.9 Å². The van der Waals surface area contributed by atoms with Crippen molar-refractivity contribution in [3.05, 3.63) is 0 Å². The summed E-state index contributed by atoms with van der Waals surface area (Å²) in [5.41, 5.74) is 0. The van der Waals surface area contributed by atoms with Gasteiger partial charge in [-0.3, -0.25) is 0 Å². The largest absolute Gasteiger partial charge is 0.232 e. The minimum atomic E-state index is -2.14. The van der Waals surface area contributed by atoms with E-state index < -0.39 is 10.7 Å². The minimum Gasteiger partial charge on any atom is -0.232 e. The van der Waals surface area contributed by atoms with Crippen LogP contribution in [0.3, 0.4) is 0 Å². The van der Waals surface area contributed by atoms with Gasteiger partial charge in [-0.2, -0.15) is 0 Å². The molecular formula is C9H18O2S. The Morgan fingerprint density at radius 3 is 1.92 bits per heavy atom. The Morgan fingerprint density at radius 2 is 1.42 bits per heavy atom. The van der Waals surface area contributed by atoms with Crippen molar-refractivity contribution in [2.24, 2.45) is 5.92 Å². The molecule has 0 aromatic rings. The lowest BCUT2D eigenvalue weighted by Gasteiger charge is -2.16. The van der Waals surface area contributed by atoms with E-state index in [4.69, 9.17) is 0 Å². The van der Waals surface area contributed by atoms with Crippen LogP contribution in [0.25, 0.3) is 0 Å². The molecule has 72 valence electrons. The Balaban J connectivity index is 2.29. The summed E-state index contributed by atoms with van der Waals surface area (Å²) in [7, 11) is -2.14. The van der Waals surface area contributed by atoms with Crippen LogP contribution in [-0.2, 0) is 10.7 Å². The third kappa shape index (κ3) is 4.10. The third-order valence-corrected chi connectivity index (χ3v) is 3.45. The number of rotatable bonds is 2. The van der Waals surface area contributed by atoms with Crippen molar-refractivity contribution in [3.8, 4) is 0 Å². The Labute approximate surface area is 76.3 Å². The molecular weight excluding hydrogens is 172 g/mol. The van der Waals surface area contributed by atoms with Crippen LogP contribution in [0.15, 0.2) is 0 Å². The zero-order valence-corrected chi connectivity index (χ0v) is 8.39. The van der Waals surface area contributed by atoms with E-state index in [0.29, 0.717) is 11.7 Å². The summed E-state index contributed by atoms with van der Waals surface area (Å²) >= 11 is 0. The van der Waals surface area contributed by atoms with Crippen LogP contribution < -0.4 is 0 Å². The molecule has 0 aromatic heterocycles. The molecule has 0 atom stereocenters. The minimum absolute atomic E-state index is 0.426. The van der Waals surface area contributed by atoms with Gasteiger partial charge in [0.05, 0.1) is 5.75 Å². The second kappa shape index (κ2) is 5.57. The van der Waals surface area contributed by atoms with E-state index in [9.17, 15) is 8.42 Å². The van der Waals surface area contributed by atoms with Crippen molar-refractivity contribution in [3.63, 3.8) is 0 Å². The summed E-state index contributed by atoms with van der Waals surface area (Å²) in [6, 6.07) is 0. The topological polar surface area (TPSA) is 34.1 Å². The first kappa shape index (κ1) is 10.0. The van der Waals surface area contributed by atoms with Gasteiger partial charge < -0.3 is 0 Å². The molecule has 3 heteroatoms. The highest BCUT2D eigenvalue weighted by Gasteiger charge is 2.11. The highest BCUT2D eigenvalue weighted by atomic mass is 32.2. The van der Waals surface area contributed by atoms with Gasteiger partial charge in [0.1, 0.15) is 10.7 Å². The second-order valence-electron chi connectivity index (χ2n) is 3.73. The lowest BCUT2D eigenvalue weighted by atomic mass is 9.93. The van der Waals surface area contributed by atoms with Gasteiger partial charge in [-0.25, -0.2) is 8.42 Å². The molecule has 0 spiro atoms. The van der Waals surface area contributed by atoms with Crippen LogP contribution in [0.2, 0.25) is 0 Å². The van der Waals surface area contributed by atoms with Crippen molar-refractivity contribution in [2.75, 3.05) is 5.75 Å². The molecule has 0 unspecified atom stereocenters. The first-order valence-corrected chi connectivity index (χ1v) is 6.27. The molecule has 1 aliphatic carbocycles. The quantitative estimate of drug-likeness (QED) is 0.675. The highest BCUT2D eigenvalue weighted by Crippen LogP contribution is 2.22. The van der Waals surface area contributed by atoms with Crippen LogP contribution in [0, 0.1) is 5.92 Å². The maximum atomic E-state index is 10.5. The highest BCUT2D eigenvalue weighted by molar-refractivity contribution is 7.72. The number of hydrogen-bond acceptors (Lipinski definition) is 2. The Kier molecular flexibility index (Phi) is 4.66. The average Bonchev–Trinajstić information content (AvgIpc) is 1.93. The Morgan fingerprint density at radius 1 is 0.917 bits per heavy atom. The maximum absolute atomic E-state index is 10.5. The summed E-state index contributed by atoms with van der Waals surface area (Å²) in [5, 5.41) is 0. The molecule has 0 amide bonds. The standard InChI is InChI=1S/C9H18O2S/c10-12(11)8-9-6-4-2-1-3-5-7-9/h9,12H,1-8H2. The molecule has 0 radical (unpaired) electrons. The molecule has 0 N–H and O–H groups in total. The van der Waals surface area contributed by atoms with Gasteiger partial charge in [0.2, 0.25) is 0 Å². The lowest BCUT2D eigenvalue weighted by Crippen LogP contribution is -2.09. The third-order valence-electron chi connectivity index (χ3n) is 2.63. The van der Waals surface area contributed by atoms with Crippen molar-refractivity contribution in [1.29, 1.82) is 0 Å². The molecule has 1 saturated carbocycles. The zero-order chi connectivity index (χ0) is 8.81. The van der Waals surface area contributed by atoms with E-state index in [1.165, 1.54) is 32.1 Å². The molecule has 12 heavy (non-hydrogen) atoms. The molecule has 0 heterocycles. The summed E-state index contributed by atoms with van der Waals surface area (Å²) in [6.45, 7) is 0. The van der Waals surface area contributed by atoms with Gasteiger partial charge in [0.15, 0.2) is 0 Å². The van der Waals surface area contributed by atoms with E-state index >= 15 is 0 Å². The van der Waals surface area contributed by atoms with Crippen LogP contribution >= 0.6 is 0 Å². The summed E-state index contributed by atoms with van der Waals surface area (Å²) in [5.74, 6) is 0.890. The number of thiol groups is 1. The Bertz CT molecular complexity index is 171. The van der Waals surface area contributed by atoms with Crippen molar-refractivity contribution < 1.29 is 8.42 Å². The van der Waals surface area contributed by atoms with Crippen LogP contribution in [-0.4, -0.2) is 14.2 Å². The van der Waals surface area contributed by atoms with E-state index in [2.05, 4.69) is 0 Å². The normalized spacial score (nSPS) is 22.1. The SMILES string of the molecule is O=[SH](=O)CC1CCCCCCC1. The Hall–Kier alpha value is -0.0500. The monoisotopic (exact) mass is 190 g/mol. The van der Waals surface area contributed by atoms with Crippen LogP contribution in [0.5, 0.6) is 0 Å². The predicted molar refractivity (Wildman–Crippen MR) is 51.0 cm³/mol. The second-order valence-corrected chi connectivity index (χ2v) is 4.76. The predicted octanol–water partition coefficient (Wildman–Crippen LogP) is 1.96. The van der Waals surface area contributed by atoms with E-state index in [1.54, 1.807) is 0 Å². The average molecular weight is 190 g/mol. The van der Waals surface area contributed by atoms with Gasteiger partial charge in [-0.15, -0.1) is 0 Å². The number of hydrogen-bond donors (Lipinski definition) is 1. The molecule has 0 saturated heterocycles. The van der Waals surface area contributed by atoms with Gasteiger partial charge in [-0.05, 0) is 18.8 Å². The maximum Gasteiger partial charge on any atom is 0.140 e. The van der Waals surface area contributed by atoms with Gasteiger partial charge in [0.25, 0.3) is 0 Å². The summed E-state index contributed by atoms with van der Waals surface area (Å²) in [6.07, 6.45) is 8.66. The fourth-order valence-corrected chi connectivity index (χ4v) is 2.72. The van der Waals surface area contributed by atoms with Gasteiger partial charge >= 0.3 is 0 Å². The van der Waals surface area contributed by atoms with E-state index in [-0.39, 0.29) is 0 Å². The molecule has 2 nitrogen and oxygen atoms in total. The zero-order valence-electron chi connectivity index (χ0n) is 7.50. The van der Waals surface area contributed by atoms with E-state index in [1.807, 2.05) is 0 Å². The first-order chi connectivity index (χ1) is 5.79. The molecule has 1 rings (SSSR count). The fraction of sp³-hybridized carbons (Fsp3) is 1.00. The smallest absolute Gasteiger partial charge is 0.140 e. The first-order valence-electron chi connectivity index (χ1n) is 4.91.